The first kappa shape index (κ1) is 21.7. The van der Waals surface area contributed by atoms with Gasteiger partial charge in [0.2, 0.25) is 0 Å². The van der Waals surface area contributed by atoms with Crippen molar-refractivity contribution >= 4 is 41.3 Å². The maximum Gasteiger partial charge on any atom is 0.191 e. The summed E-state index contributed by atoms with van der Waals surface area (Å²) in [6.07, 6.45) is 2.40. The van der Waals surface area contributed by atoms with Gasteiger partial charge in [0.25, 0.3) is 0 Å². The standard InChI is InChI=1S/C18H32N4S.HI/c1-14(2)12-22-8-5-17(6-9-22)21-18(19-4)20-11-15(3)16-7-10-23-13-16;/h7,10,13-15,17H,5-6,8-9,11-12H2,1-4H3,(H2,19,20,21);1H. The predicted molar refractivity (Wildman–Crippen MR) is 117 cm³/mol. The molecule has 138 valence electrons. The Balaban J connectivity index is 0.00000288. The smallest absolute Gasteiger partial charge is 0.191 e. The van der Waals surface area contributed by atoms with Crippen LogP contribution in [0.25, 0.3) is 0 Å². The molecule has 2 rings (SSSR count). The first-order valence-corrected chi connectivity index (χ1v) is 9.74. The maximum absolute atomic E-state index is 4.39. The lowest BCUT2D eigenvalue weighted by Crippen LogP contribution is -2.49. The van der Waals surface area contributed by atoms with Crippen LogP contribution >= 0.6 is 35.3 Å². The van der Waals surface area contributed by atoms with Crippen LogP contribution in [0.1, 0.15) is 45.1 Å². The molecule has 1 aliphatic heterocycles. The van der Waals surface area contributed by atoms with Gasteiger partial charge >= 0.3 is 0 Å². The molecule has 1 fully saturated rings. The molecule has 1 unspecified atom stereocenters. The van der Waals surface area contributed by atoms with Gasteiger partial charge in [-0.25, -0.2) is 0 Å². The van der Waals surface area contributed by atoms with Crippen molar-refractivity contribution in [1.29, 1.82) is 0 Å². The molecule has 1 aromatic rings. The van der Waals surface area contributed by atoms with E-state index in [2.05, 4.69) is 58.1 Å². The fourth-order valence-electron chi connectivity index (χ4n) is 3.09. The average Bonchev–Trinajstić information content (AvgIpc) is 3.06. The van der Waals surface area contributed by atoms with E-state index in [0.29, 0.717) is 12.0 Å². The molecular formula is C18H33IN4S. The number of piperidine rings is 1. The highest BCUT2D eigenvalue weighted by Crippen LogP contribution is 2.17. The van der Waals surface area contributed by atoms with Crippen LogP contribution in [-0.4, -0.2) is 50.1 Å². The van der Waals surface area contributed by atoms with E-state index in [0.717, 1.165) is 18.4 Å². The third kappa shape index (κ3) is 7.27. The minimum atomic E-state index is 0. The number of hydrogen-bond donors (Lipinski definition) is 2. The van der Waals surface area contributed by atoms with Crippen LogP contribution in [0.5, 0.6) is 0 Å². The highest BCUT2D eigenvalue weighted by atomic mass is 127. The van der Waals surface area contributed by atoms with E-state index in [1.165, 1.54) is 38.0 Å². The molecular weight excluding hydrogens is 431 g/mol. The number of guanidine groups is 1. The van der Waals surface area contributed by atoms with E-state index in [4.69, 9.17) is 0 Å². The Labute approximate surface area is 168 Å². The summed E-state index contributed by atoms with van der Waals surface area (Å²) in [6.45, 7) is 11.4. The van der Waals surface area contributed by atoms with E-state index in [1.54, 1.807) is 11.3 Å². The van der Waals surface area contributed by atoms with Crippen molar-refractivity contribution in [2.75, 3.05) is 33.2 Å². The van der Waals surface area contributed by atoms with Crippen LogP contribution in [0.2, 0.25) is 0 Å². The Kier molecular flexibility index (Phi) is 10.2. The highest BCUT2D eigenvalue weighted by Gasteiger charge is 2.20. The number of hydrogen-bond acceptors (Lipinski definition) is 3. The molecule has 0 bridgehead atoms. The van der Waals surface area contributed by atoms with Crippen LogP contribution in [0.3, 0.4) is 0 Å². The third-order valence-electron chi connectivity index (χ3n) is 4.46. The fraction of sp³-hybridized carbons (Fsp3) is 0.722. The van der Waals surface area contributed by atoms with Crippen LogP contribution in [0, 0.1) is 5.92 Å². The molecule has 1 saturated heterocycles. The summed E-state index contributed by atoms with van der Waals surface area (Å²) in [4.78, 5) is 6.97. The minimum Gasteiger partial charge on any atom is -0.356 e. The SMILES string of the molecule is CN=C(NCC(C)c1ccsc1)NC1CCN(CC(C)C)CC1.I. The molecule has 2 N–H and O–H groups in total. The van der Waals surface area contributed by atoms with Gasteiger partial charge in [-0.2, -0.15) is 11.3 Å². The maximum atomic E-state index is 4.39. The molecule has 1 aliphatic rings. The number of rotatable bonds is 6. The summed E-state index contributed by atoms with van der Waals surface area (Å²) in [5.41, 5.74) is 1.40. The molecule has 2 heterocycles. The van der Waals surface area contributed by atoms with Crippen molar-refractivity contribution in [3.8, 4) is 0 Å². The van der Waals surface area contributed by atoms with Gasteiger partial charge in [-0.1, -0.05) is 20.8 Å². The quantitative estimate of drug-likeness (QED) is 0.383. The Bertz CT molecular complexity index is 467. The van der Waals surface area contributed by atoms with Gasteiger partial charge in [-0.3, -0.25) is 4.99 Å². The molecule has 0 aliphatic carbocycles. The predicted octanol–water partition coefficient (Wildman–Crippen LogP) is 3.76. The molecule has 0 aromatic carbocycles. The summed E-state index contributed by atoms with van der Waals surface area (Å²) >= 11 is 1.76. The molecule has 0 spiro atoms. The van der Waals surface area contributed by atoms with Crippen LogP contribution in [-0.2, 0) is 0 Å². The van der Waals surface area contributed by atoms with Gasteiger partial charge in [0, 0.05) is 39.3 Å². The average molecular weight is 464 g/mol. The summed E-state index contributed by atoms with van der Waals surface area (Å²) in [7, 11) is 1.86. The second kappa shape index (κ2) is 11.3. The van der Waals surface area contributed by atoms with Gasteiger partial charge in [0.15, 0.2) is 5.96 Å². The van der Waals surface area contributed by atoms with Crippen LogP contribution in [0.4, 0.5) is 0 Å². The lowest BCUT2D eigenvalue weighted by atomic mass is 10.0. The molecule has 6 heteroatoms. The van der Waals surface area contributed by atoms with Gasteiger partial charge in [0.1, 0.15) is 0 Å². The molecule has 24 heavy (non-hydrogen) atoms. The van der Waals surface area contributed by atoms with Crippen LogP contribution < -0.4 is 10.6 Å². The minimum absolute atomic E-state index is 0. The Morgan fingerprint density at radius 3 is 2.58 bits per heavy atom. The van der Waals surface area contributed by atoms with E-state index in [-0.39, 0.29) is 24.0 Å². The van der Waals surface area contributed by atoms with Crippen molar-refractivity contribution in [2.24, 2.45) is 10.9 Å². The topological polar surface area (TPSA) is 39.7 Å². The zero-order valence-electron chi connectivity index (χ0n) is 15.4. The Morgan fingerprint density at radius 2 is 2.04 bits per heavy atom. The lowest BCUT2D eigenvalue weighted by Gasteiger charge is -2.34. The Hall–Kier alpha value is -0.340. The third-order valence-corrected chi connectivity index (χ3v) is 5.16. The van der Waals surface area contributed by atoms with Gasteiger partial charge in [-0.15, -0.1) is 24.0 Å². The molecule has 0 radical (unpaired) electrons. The first-order chi connectivity index (χ1) is 11.1. The van der Waals surface area contributed by atoms with E-state index < -0.39 is 0 Å². The van der Waals surface area contributed by atoms with Crippen molar-refractivity contribution in [2.45, 2.75) is 45.6 Å². The first-order valence-electron chi connectivity index (χ1n) is 8.80. The highest BCUT2D eigenvalue weighted by molar-refractivity contribution is 14.0. The lowest BCUT2D eigenvalue weighted by molar-refractivity contribution is 0.187. The number of likely N-dealkylation sites (tertiary alicyclic amines) is 1. The van der Waals surface area contributed by atoms with E-state index >= 15 is 0 Å². The largest absolute Gasteiger partial charge is 0.356 e. The molecule has 0 amide bonds. The summed E-state index contributed by atoms with van der Waals surface area (Å²) in [5, 5.41) is 11.4. The number of aliphatic imine (C=N–C) groups is 1. The summed E-state index contributed by atoms with van der Waals surface area (Å²) in [6, 6.07) is 2.75. The monoisotopic (exact) mass is 464 g/mol. The fourth-order valence-corrected chi connectivity index (χ4v) is 3.87. The van der Waals surface area contributed by atoms with Gasteiger partial charge in [-0.05, 0) is 47.1 Å². The number of thiophene rings is 1. The molecule has 0 saturated carbocycles. The van der Waals surface area contributed by atoms with E-state index in [9.17, 15) is 0 Å². The van der Waals surface area contributed by atoms with Gasteiger partial charge in [0.05, 0.1) is 0 Å². The number of nitrogens with zero attached hydrogens (tertiary/aromatic N) is 2. The second-order valence-electron chi connectivity index (χ2n) is 7.02. The zero-order chi connectivity index (χ0) is 16.7. The number of nitrogens with one attached hydrogen (secondary N) is 2. The van der Waals surface area contributed by atoms with Crippen molar-refractivity contribution in [3.05, 3.63) is 22.4 Å². The van der Waals surface area contributed by atoms with Gasteiger partial charge < -0.3 is 15.5 Å². The normalized spacial score (nSPS) is 18.3. The van der Waals surface area contributed by atoms with Crippen molar-refractivity contribution in [1.82, 2.24) is 15.5 Å². The molecule has 1 aromatic heterocycles. The van der Waals surface area contributed by atoms with E-state index in [1.807, 2.05) is 7.05 Å². The molecule has 4 nitrogen and oxygen atoms in total. The Morgan fingerprint density at radius 1 is 1.33 bits per heavy atom. The molecule has 1 atom stereocenters. The second-order valence-corrected chi connectivity index (χ2v) is 7.80. The summed E-state index contributed by atoms with van der Waals surface area (Å²) in [5.74, 6) is 2.20. The summed E-state index contributed by atoms with van der Waals surface area (Å²) < 4.78 is 0. The van der Waals surface area contributed by atoms with Crippen molar-refractivity contribution in [3.63, 3.8) is 0 Å². The number of halogens is 1. The van der Waals surface area contributed by atoms with Crippen LogP contribution in [0.15, 0.2) is 21.8 Å². The zero-order valence-corrected chi connectivity index (χ0v) is 18.6. The van der Waals surface area contributed by atoms with Crippen molar-refractivity contribution < 1.29 is 0 Å².